The Labute approximate surface area is 135 Å². The molecule has 0 unspecified atom stereocenters. The molecule has 2 aromatic carbocycles. The monoisotopic (exact) mass is 304 g/mol. The third-order valence-electron chi connectivity index (χ3n) is 3.72. The molecule has 0 radical (unpaired) electrons. The smallest absolute Gasteiger partial charge is 0.236 e. The summed E-state index contributed by atoms with van der Waals surface area (Å²) in [5, 5.41) is 2.28. The van der Waals surface area contributed by atoms with E-state index >= 15 is 0 Å². The molecular formula is C20H20N2O. The highest BCUT2D eigenvalue weighted by Gasteiger charge is 2.09. The fourth-order valence-corrected chi connectivity index (χ4v) is 2.71. The molecule has 0 aliphatic heterocycles. The van der Waals surface area contributed by atoms with Gasteiger partial charge in [-0.25, -0.2) is 0 Å². The van der Waals surface area contributed by atoms with E-state index in [1.165, 1.54) is 0 Å². The van der Waals surface area contributed by atoms with E-state index in [9.17, 15) is 4.79 Å². The van der Waals surface area contributed by atoms with Crippen molar-refractivity contribution in [2.24, 2.45) is 4.99 Å². The molecule has 0 N–H and O–H groups in total. The van der Waals surface area contributed by atoms with Crippen molar-refractivity contribution in [3.05, 3.63) is 77.9 Å². The number of aromatic nitrogens is 1. The Kier molecular flexibility index (Phi) is 4.38. The van der Waals surface area contributed by atoms with Gasteiger partial charge in [0.15, 0.2) is 0 Å². The zero-order valence-electron chi connectivity index (χ0n) is 13.4. The number of rotatable bonds is 3. The van der Waals surface area contributed by atoms with E-state index < -0.39 is 0 Å². The van der Waals surface area contributed by atoms with Crippen molar-refractivity contribution in [2.75, 3.05) is 0 Å². The van der Waals surface area contributed by atoms with Crippen LogP contribution in [0.2, 0.25) is 0 Å². The van der Waals surface area contributed by atoms with Gasteiger partial charge in [-0.05, 0) is 42.3 Å². The molecule has 1 aromatic heterocycles. The molecular weight excluding hydrogens is 284 g/mol. The van der Waals surface area contributed by atoms with E-state index in [1.54, 1.807) is 10.8 Å². The molecule has 3 heteroatoms. The second kappa shape index (κ2) is 6.61. The summed E-state index contributed by atoms with van der Waals surface area (Å²) in [4.78, 5) is 17.3. The van der Waals surface area contributed by atoms with E-state index in [4.69, 9.17) is 0 Å². The predicted molar refractivity (Wildman–Crippen MR) is 93.4 cm³/mol. The Morgan fingerprint density at radius 2 is 1.74 bits per heavy atom. The summed E-state index contributed by atoms with van der Waals surface area (Å²) in [5.74, 6) is 0.0290. The first-order valence-corrected chi connectivity index (χ1v) is 7.86. The number of nitrogens with zero attached hydrogens (tertiary/aromatic N) is 2. The van der Waals surface area contributed by atoms with Crippen LogP contribution in [0.1, 0.15) is 24.2 Å². The third kappa shape index (κ3) is 3.39. The standard InChI is InChI=1S/C20H20N2O/c1-15(2)21-19-12-5-6-13-22(19)20(23)14-17-10-7-9-16-8-3-4-11-18(16)17/h3-13,15H,14H2,1-2H3. The van der Waals surface area contributed by atoms with Crippen molar-refractivity contribution < 1.29 is 4.79 Å². The first-order chi connectivity index (χ1) is 11.1. The van der Waals surface area contributed by atoms with E-state index in [1.807, 2.05) is 56.3 Å². The van der Waals surface area contributed by atoms with Crippen LogP contribution in [0, 0.1) is 0 Å². The summed E-state index contributed by atoms with van der Waals surface area (Å²) < 4.78 is 1.64. The Balaban J connectivity index is 1.99. The quantitative estimate of drug-likeness (QED) is 0.724. The Morgan fingerprint density at radius 3 is 2.57 bits per heavy atom. The maximum atomic E-state index is 12.8. The molecule has 0 atom stereocenters. The summed E-state index contributed by atoms with van der Waals surface area (Å²) in [6.07, 6.45) is 2.14. The lowest BCUT2D eigenvalue weighted by Crippen LogP contribution is -2.28. The summed E-state index contributed by atoms with van der Waals surface area (Å²) >= 11 is 0. The van der Waals surface area contributed by atoms with Gasteiger partial charge in [0, 0.05) is 12.2 Å². The maximum absolute atomic E-state index is 12.8. The van der Waals surface area contributed by atoms with Gasteiger partial charge >= 0.3 is 0 Å². The number of hydrogen-bond donors (Lipinski definition) is 0. The van der Waals surface area contributed by atoms with Gasteiger partial charge in [-0.3, -0.25) is 14.4 Å². The summed E-state index contributed by atoms with van der Waals surface area (Å²) in [6.45, 7) is 4.01. The molecule has 0 fully saturated rings. The summed E-state index contributed by atoms with van der Waals surface area (Å²) in [6, 6.07) is 20.0. The highest BCUT2D eigenvalue weighted by Crippen LogP contribution is 2.19. The van der Waals surface area contributed by atoms with Gasteiger partial charge in [0.25, 0.3) is 0 Å². The van der Waals surface area contributed by atoms with Crippen LogP contribution in [0.15, 0.2) is 71.9 Å². The van der Waals surface area contributed by atoms with Crippen LogP contribution < -0.4 is 5.49 Å². The molecule has 3 rings (SSSR count). The van der Waals surface area contributed by atoms with Crippen LogP contribution in [-0.4, -0.2) is 16.5 Å². The summed E-state index contributed by atoms with van der Waals surface area (Å²) in [5.41, 5.74) is 1.74. The number of carbonyl (C=O) groups is 1. The lowest BCUT2D eigenvalue weighted by molar-refractivity contribution is 0.0909. The first kappa shape index (κ1) is 15.2. The number of fused-ring (bicyclic) bond motifs is 1. The molecule has 0 bridgehead atoms. The molecule has 0 saturated heterocycles. The lowest BCUT2D eigenvalue weighted by Gasteiger charge is -2.09. The van der Waals surface area contributed by atoms with Gasteiger partial charge in [-0.15, -0.1) is 0 Å². The predicted octanol–water partition coefficient (Wildman–Crippen LogP) is 3.83. The molecule has 1 heterocycles. The number of pyridine rings is 1. The minimum Gasteiger partial charge on any atom is -0.274 e. The number of benzene rings is 2. The molecule has 23 heavy (non-hydrogen) atoms. The van der Waals surface area contributed by atoms with Crippen LogP contribution in [0.5, 0.6) is 0 Å². The minimum atomic E-state index is 0.0290. The van der Waals surface area contributed by atoms with Gasteiger partial charge in [-0.2, -0.15) is 0 Å². The molecule has 0 aliphatic rings. The average molecular weight is 304 g/mol. The molecule has 0 aliphatic carbocycles. The van der Waals surface area contributed by atoms with E-state index in [0.29, 0.717) is 11.9 Å². The second-order valence-electron chi connectivity index (χ2n) is 5.86. The fourth-order valence-electron chi connectivity index (χ4n) is 2.71. The SMILES string of the molecule is CC(C)N=c1ccccn1C(=O)Cc1cccc2ccccc12. The van der Waals surface area contributed by atoms with Crippen LogP contribution in [0.4, 0.5) is 0 Å². The van der Waals surface area contributed by atoms with Crippen molar-refractivity contribution in [3.63, 3.8) is 0 Å². The Bertz CT molecular complexity index is 901. The molecule has 0 spiro atoms. The Morgan fingerprint density at radius 1 is 1.00 bits per heavy atom. The van der Waals surface area contributed by atoms with E-state index in [-0.39, 0.29) is 11.9 Å². The van der Waals surface area contributed by atoms with Gasteiger partial charge in [0.2, 0.25) is 5.91 Å². The van der Waals surface area contributed by atoms with Crippen molar-refractivity contribution in [1.29, 1.82) is 0 Å². The topological polar surface area (TPSA) is 34.4 Å². The molecule has 3 nitrogen and oxygen atoms in total. The van der Waals surface area contributed by atoms with E-state index in [2.05, 4.69) is 23.2 Å². The van der Waals surface area contributed by atoms with Gasteiger partial charge in [0.1, 0.15) is 5.49 Å². The zero-order valence-corrected chi connectivity index (χ0v) is 13.4. The zero-order chi connectivity index (χ0) is 16.2. The van der Waals surface area contributed by atoms with Crippen LogP contribution in [0.25, 0.3) is 10.8 Å². The van der Waals surface area contributed by atoms with Crippen molar-refractivity contribution >= 4 is 16.7 Å². The van der Waals surface area contributed by atoms with Gasteiger partial charge in [-0.1, -0.05) is 48.5 Å². The maximum Gasteiger partial charge on any atom is 0.236 e. The van der Waals surface area contributed by atoms with E-state index in [0.717, 1.165) is 16.3 Å². The molecule has 0 saturated carbocycles. The summed E-state index contributed by atoms with van der Waals surface area (Å²) in [7, 11) is 0. The largest absolute Gasteiger partial charge is 0.274 e. The van der Waals surface area contributed by atoms with Crippen molar-refractivity contribution in [3.8, 4) is 0 Å². The fraction of sp³-hybridized carbons (Fsp3) is 0.200. The third-order valence-corrected chi connectivity index (χ3v) is 3.72. The minimum absolute atomic E-state index is 0.0290. The van der Waals surface area contributed by atoms with Crippen molar-refractivity contribution in [2.45, 2.75) is 26.3 Å². The highest BCUT2D eigenvalue weighted by molar-refractivity contribution is 5.90. The number of carbonyl (C=O) groups excluding carboxylic acids is 1. The number of hydrogen-bond acceptors (Lipinski definition) is 2. The van der Waals surface area contributed by atoms with Crippen LogP contribution in [-0.2, 0) is 6.42 Å². The first-order valence-electron chi connectivity index (χ1n) is 7.86. The van der Waals surface area contributed by atoms with Crippen LogP contribution >= 0.6 is 0 Å². The van der Waals surface area contributed by atoms with Crippen molar-refractivity contribution in [1.82, 2.24) is 4.57 Å². The van der Waals surface area contributed by atoms with Crippen LogP contribution in [0.3, 0.4) is 0 Å². The highest BCUT2D eigenvalue weighted by atomic mass is 16.2. The normalized spacial score (nSPS) is 12.0. The molecule has 3 aromatic rings. The van der Waals surface area contributed by atoms with Gasteiger partial charge in [0.05, 0.1) is 6.42 Å². The van der Waals surface area contributed by atoms with Gasteiger partial charge < -0.3 is 0 Å². The molecule has 116 valence electrons. The second-order valence-corrected chi connectivity index (χ2v) is 5.86. The average Bonchev–Trinajstić information content (AvgIpc) is 2.55. The molecule has 0 amide bonds. The Hall–Kier alpha value is -2.68. The lowest BCUT2D eigenvalue weighted by atomic mass is 10.0.